The number of fused-ring (bicyclic) bond motifs is 1. The fourth-order valence-corrected chi connectivity index (χ4v) is 3.46. The second-order valence-electron chi connectivity index (χ2n) is 6.57. The molecular weight excluding hydrogens is 342 g/mol. The summed E-state index contributed by atoms with van der Waals surface area (Å²) in [5.41, 5.74) is 4.54. The Balaban J connectivity index is 1.60. The first-order valence-corrected chi connectivity index (χ1v) is 8.97. The Morgan fingerprint density at radius 2 is 2.04 bits per heavy atom. The van der Waals surface area contributed by atoms with Crippen LogP contribution in [0.1, 0.15) is 27.2 Å². The van der Waals surface area contributed by atoms with Crippen LogP contribution in [-0.2, 0) is 19.3 Å². The van der Waals surface area contributed by atoms with Crippen LogP contribution in [-0.4, -0.2) is 34.5 Å². The van der Waals surface area contributed by atoms with E-state index in [1.165, 1.54) is 11.1 Å². The lowest BCUT2D eigenvalue weighted by molar-refractivity contribution is 0.0697. The van der Waals surface area contributed by atoms with Gasteiger partial charge >= 0.3 is 5.97 Å². The van der Waals surface area contributed by atoms with Crippen molar-refractivity contribution in [2.24, 2.45) is 0 Å². The lowest BCUT2D eigenvalue weighted by atomic mass is 10.1. The third-order valence-corrected chi connectivity index (χ3v) is 4.88. The Bertz CT molecular complexity index is 977. The number of anilines is 1. The summed E-state index contributed by atoms with van der Waals surface area (Å²) in [5, 5.41) is 17.4. The average Bonchev–Trinajstić information content (AvgIpc) is 3.30. The molecule has 27 heavy (non-hydrogen) atoms. The first kappa shape index (κ1) is 17.1. The van der Waals surface area contributed by atoms with Gasteiger partial charge in [0.25, 0.3) is 0 Å². The van der Waals surface area contributed by atoms with Gasteiger partial charge in [0, 0.05) is 12.1 Å². The monoisotopic (exact) mass is 363 g/mol. The predicted molar refractivity (Wildman–Crippen MR) is 103 cm³/mol. The average molecular weight is 363 g/mol. The zero-order chi connectivity index (χ0) is 18.8. The summed E-state index contributed by atoms with van der Waals surface area (Å²) in [6.45, 7) is 0.876. The number of aromatic carboxylic acids is 1. The van der Waals surface area contributed by atoms with Crippen LogP contribution in [0.4, 0.5) is 5.82 Å². The van der Waals surface area contributed by atoms with Crippen molar-refractivity contribution in [1.29, 1.82) is 0 Å². The van der Waals surface area contributed by atoms with Crippen molar-refractivity contribution in [1.82, 2.24) is 9.78 Å². The van der Waals surface area contributed by atoms with E-state index in [1.54, 1.807) is 25.3 Å². The first-order valence-electron chi connectivity index (χ1n) is 8.97. The number of methoxy groups -OCH3 is 1. The number of nitrogens with zero attached hydrogens (tertiary/aromatic N) is 2. The maximum absolute atomic E-state index is 11.3. The number of nitrogens with one attached hydrogen (secondary N) is 1. The molecule has 2 heterocycles. The molecule has 4 rings (SSSR count). The molecule has 0 saturated heterocycles. The number of rotatable bonds is 6. The number of hydrogen-bond donors (Lipinski definition) is 2. The maximum atomic E-state index is 11.3. The van der Waals surface area contributed by atoms with Crippen molar-refractivity contribution in [2.45, 2.75) is 19.3 Å². The molecule has 3 aromatic rings. The van der Waals surface area contributed by atoms with Gasteiger partial charge in [-0.2, -0.15) is 5.10 Å². The summed E-state index contributed by atoms with van der Waals surface area (Å²) in [4.78, 5) is 11.3. The van der Waals surface area contributed by atoms with E-state index in [1.807, 2.05) is 22.9 Å². The summed E-state index contributed by atoms with van der Waals surface area (Å²) >= 11 is 0. The highest BCUT2D eigenvalue weighted by Crippen LogP contribution is 2.29. The molecule has 0 unspecified atom stereocenters. The van der Waals surface area contributed by atoms with Crippen LogP contribution < -0.4 is 10.1 Å². The van der Waals surface area contributed by atoms with Crippen LogP contribution in [0.15, 0.2) is 48.5 Å². The quantitative estimate of drug-likeness (QED) is 0.702. The number of benzene rings is 2. The highest BCUT2D eigenvalue weighted by molar-refractivity contribution is 5.88. The molecule has 0 spiro atoms. The van der Waals surface area contributed by atoms with Crippen molar-refractivity contribution in [3.05, 3.63) is 70.9 Å². The second kappa shape index (κ2) is 7.15. The lowest BCUT2D eigenvalue weighted by Crippen LogP contribution is -2.06. The Hall–Kier alpha value is -3.28. The zero-order valence-corrected chi connectivity index (χ0v) is 15.1. The van der Waals surface area contributed by atoms with E-state index in [9.17, 15) is 9.90 Å². The molecule has 6 heteroatoms. The van der Waals surface area contributed by atoms with Crippen molar-refractivity contribution in [2.75, 3.05) is 19.0 Å². The molecule has 0 fully saturated rings. The molecule has 138 valence electrons. The molecule has 1 aliphatic rings. The molecule has 0 amide bonds. The lowest BCUT2D eigenvalue weighted by Gasteiger charge is -2.07. The third-order valence-electron chi connectivity index (χ3n) is 4.88. The molecule has 0 aliphatic carbocycles. The Labute approximate surface area is 157 Å². The molecule has 1 aliphatic heterocycles. The minimum Gasteiger partial charge on any atom is -0.497 e. The third kappa shape index (κ3) is 3.38. The minimum absolute atomic E-state index is 0.259. The molecule has 2 aromatic carbocycles. The van der Waals surface area contributed by atoms with E-state index in [4.69, 9.17) is 9.84 Å². The molecule has 0 atom stereocenters. The predicted octanol–water partition coefficient (Wildman–Crippen LogP) is 3.33. The first-order chi connectivity index (χ1) is 13.2. The molecular formula is C21H21N3O3. The van der Waals surface area contributed by atoms with Gasteiger partial charge < -0.3 is 15.2 Å². The van der Waals surface area contributed by atoms with Crippen LogP contribution in [0, 0.1) is 0 Å². The Morgan fingerprint density at radius 3 is 2.78 bits per heavy atom. The van der Waals surface area contributed by atoms with E-state index in [2.05, 4.69) is 17.4 Å². The Kier molecular flexibility index (Phi) is 4.54. The number of aryl methyl sites for hydroxylation is 2. The fraction of sp³-hybridized carbons (Fsp3) is 0.238. The summed E-state index contributed by atoms with van der Waals surface area (Å²) < 4.78 is 7.04. The topological polar surface area (TPSA) is 76.4 Å². The SMILES string of the molecule is COc1ccc(CCc2nn(-c3cccc(C(=O)O)c3)c3c2CCN3)cc1. The van der Waals surface area contributed by atoms with Gasteiger partial charge in [-0.15, -0.1) is 0 Å². The molecule has 0 radical (unpaired) electrons. The number of carboxylic acid groups (broad SMARTS) is 1. The number of hydrogen-bond acceptors (Lipinski definition) is 4. The van der Waals surface area contributed by atoms with Crippen molar-refractivity contribution in [3.8, 4) is 11.4 Å². The number of aromatic nitrogens is 2. The Morgan fingerprint density at radius 1 is 1.22 bits per heavy atom. The fourth-order valence-electron chi connectivity index (χ4n) is 3.46. The summed E-state index contributed by atoms with van der Waals surface area (Å²) in [5.74, 6) is 0.891. The molecule has 6 nitrogen and oxygen atoms in total. The number of carboxylic acids is 1. The largest absolute Gasteiger partial charge is 0.497 e. The number of ether oxygens (including phenoxy) is 1. The van der Waals surface area contributed by atoms with Gasteiger partial charge in [-0.05, 0) is 55.2 Å². The van der Waals surface area contributed by atoms with Gasteiger partial charge in [0.2, 0.25) is 0 Å². The van der Waals surface area contributed by atoms with Gasteiger partial charge in [0.1, 0.15) is 11.6 Å². The van der Waals surface area contributed by atoms with Crippen LogP contribution >= 0.6 is 0 Å². The minimum atomic E-state index is -0.937. The zero-order valence-electron chi connectivity index (χ0n) is 15.1. The van der Waals surface area contributed by atoms with Crippen molar-refractivity contribution >= 4 is 11.8 Å². The van der Waals surface area contributed by atoms with Crippen molar-refractivity contribution in [3.63, 3.8) is 0 Å². The van der Waals surface area contributed by atoms with Gasteiger partial charge in [-0.25, -0.2) is 9.48 Å². The number of carbonyl (C=O) groups is 1. The molecule has 2 N–H and O–H groups in total. The van der Waals surface area contributed by atoms with Gasteiger partial charge in [-0.1, -0.05) is 18.2 Å². The maximum Gasteiger partial charge on any atom is 0.335 e. The highest BCUT2D eigenvalue weighted by atomic mass is 16.5. The van der Waals surface area contributed by atoms with Crippen LogP contribution in [0.3, 0.4) is 0 Å². The second-order valence-corrected chi connectivity index (χ2v) is 6.57. The smallest absolute Gasteiger partial charge is 0.335 e. The van der Waals surface area contributed by atoms with Crippen LogP contribution in [0.2, 0.25) is 0 Å². The van der Waals surface area contributed by atoms with E-state index in [-0.39, 0.29) is 5.56 Å². The van der Waals surface area contributed by atoms with Crippen LogP contribution in [0.25, 0.3) is 5.69 Å². The highest BCUT2D eigenvalue weighted by Gasteiger charge is 2.23. The standard InChI is InChI=1S/C21H21N3O3/c1-27-17-8-5-14(6-9-17)7-10-19-18-11-12-22-20(18)24(23-19)16-4-2-3-15(13-16)21(25)26/h2-6,8-9,13,22H,7,10-12H2,1H3,(H,25,26). The van der Waals surface area contributed by atoms with E-state index >= 15 is 0 Å². The summed E-state index contributed by atoms with van der Waals surface area (Å²) in [6.07, 6.45) is 2.66. The van der Waals surface area contributed by atoms with E-state index in [0.717, 1.165) is 48.8 Å². The van der Waals surface area contributed by atoms with Crippen LogP contribution in [0.5, 0.6) is 5.75 Å². The van der Waals surface area contributed by atoms with Crippen molar-refractivity contribution < 1.29 is 14.6 Å². The van der Waals surface area contributed by atoms with Gasteiger partial charge in [-0.3, -0.25) is 0 Å². The normalized spacial score (nSPS) is 12.5. The summed E-state index contributed by atoms with van der Waals surface area (Å²) in [7, 11) is 1.66. The van der Waals surface area contributed by atoms with E-state index < -0.39 is 5.97 Å². The molecule has 0 bridgehead atoms. The summed E-state index contributed by atoms with van der Waals surface area (Å²) in [6, 6.07) is 15.0. The molecule has 0 saturated carbocycles. The van der Waals surface area contributed by atoms with E-state index in [0.29, 0.717) is 0 Å². The van der Waals surface area contributed by atoms with Gasteiger partial charge in [0.05, 0.1) is 24.1 Å². The molecule has 1 aromatic heterocycles. The van der Waals surface area contributed by atoms with Gasteiger partial charge in [0.15, 0.2) is 0 Å².